The van der Waals surface area contributed by atoms with Gasteiger partial charge in [-0.05, 0) is 26.0 Å². The zero-order chi connectivity index (χ0) is 19.8. The molecule has 0 aliphatic carbocycles. The van der Waals surface area contributed by atoms with Crippen molar-refractivity contribution in [2.75, 3.05) is 11.9 Å². The fourth-order valence-electron chi connectivity index (χ4n) is 2.90. The maximum atomic E-state index is 13.2. The summed E-state index contributed by atoms with van der Waals surface area (Å²) in [7, 11) is 0. The predicted molar refractivity (Wildman–Crippen MR) is 92.9 cm³/mol. The van der Waals surface area contributed by atoms with Crippen LogP contribution in [0, 0.1) is 0 Å². The molecule has 1 aromatic carbocycles. The van der Waals surface area contributed by atoms with Crippen molar-refractivity contribution in [3.8, 4) is 0 Å². The summed E-state index contributed by atoms with van der Waals surface area (Å²) in [6, 6.07) is 4.49. The van der Waals surface area contributed by atoms with Gasteiger partial charge >= 0.3 is 12.1 Å². The van der Waals surface area contributed by atoms with Crippen LogP contribution < -0.4 is 5.32 Å². The van der Waals surface area contributed by atoms with Crippen molar-refractivity contribution in [1.29, 1.82) is 0 Å². The Balaban J connectivity index is 1.99. The molecular formula is C18H16F3NO4S. The molecule has 1 atom stereocenters. The highest BCUT2D eigenvalue weighted by Crippen LogP contribution is 2.44. The number of fused-ring (bicyclic) bond motifs is 1. The van der Waals surface area contributed by atoms with Gasteiger partial charge in [-0.1, -0.05) is 12.1 Å². The monoisotopic (exact) mass is 399 g/mol. The topological polar surface area (TPSA) is 64.6 Å². The third kappa shape index (κ3) is 3.70. The summed E-state index contributed by atoms with van der Waals surface area (Å²) in [5, 5.41) is 2.61. The number of nitrogens with one attached hydrogen (secondary N) is 1. The van der Waals surface area contributed by atoms with Gasteiger partial charge in [-0.25, -0.2) is 4.79 Å². The number of benzene rings is 1. The third-order valence-electron chi connectivity index (χ3n) is 4.08. The Morgan fingerprint density at radius 3 is 2.70 bits per heavy atom. The van der Waals surface area contributed by atoms with Crippen molar-refractivity contribution < 1.29 is 32.2 Å². The molecule has 9 heteroatoms. The minimum Gasteiger partial charge on any atom is -0.462 e. The van der Waals surface area contributed by atoms with E-state index in [1.165, 1.54) is 12.1 Å². The Morgan fingerprint density at radius 1 is 1.33 bits per heavy atom. The fraction of sp³-hybridized carbons (Fsp3) is 0.333. The molecule has 1 aromatic heterocycles. The molecule has 27 heavy (non-hydrogen) atoms. The van der Waals surface area contributed by atoms with Crippen molar-refractivity contribution in [3.63, 3.8) is 0 Å². The van der Waals surface area contributed by atoms with Crippen LogP contribution in [-0.4, -0.2) is 18.5 Å². The van der Waals surface area contributed by atoms with Crippen molar-refractivity contribution >= 4 is 28.2 Å². The van der Waals surface area contributed by atoms with Crippen LogP contribution in [0.2, 0.25) is 0 Å². The van der Waals surface area contributed by atoms with Gasteiger partial charge in [0.05, 0.1) is 30.4 Å². The summed E-state index contributed by atoms with van der Waals surface area (Å²) in [6.07, 6.45) is -5.04. The Hall–Kier alpha value is -2.39. The molecule has 0 saturated heterocycles. The van der Waals surface area contributed by atoms with Gasteiger partial charge in [0.15, 0.2) is 0 Å². The molecule has 0 fully saturated rings. The zero-order valence-corrected chi connectivity index (χ0v) is 15.3. The van der Waals surface area contributed by atoms with Crippen molar-refractivity contribution in [1.82, 2.24) is 0 Å². The number of hydrogen-bond acceptors (Lipinski definition) is 5. The van der Waals surface area contributed by atoms with Crippen LogP contribution in [-0.2, 0) is 22.3 Å². The number of anilines is 1. The molecule has 0 radical (unpaired) electrons. The second-order valence-electron chi connectivity index (χ2n) is 5.81. The molecule has 1 amide bonds. The lowest BCUT2D eigenvalue weighted by Crippen LogP contribution is -2.20. The first-order valence-corrected chi connectivity index (χ1v) is 8.97. The van der Waals surface area contributed by atoms with Gasteiger partial charge in [0.1, 0.15) is 10.6 Å². The molecule has 3 rings (SSSR count). The van der Waals surface area contributed by atoms with E-state index in [2.05, 4.69) is 5.32 Å². The molecule has 144 valence electrons. The highest BCUT2D eigenvalue weighted by molar-refractivity contribution is 7.17. The van der Waals surface area contributed by atoms with Crippen molar-refractivity contribution in [2.45, 2.75) is 32.7 Å². The lowest BCUT2D eigenvalue weighted by atomic mass is 10.1. The van der Waals surface area contributed by atoms with E-state index in [1.54, 1.807) is 13.8 Å². The van der Waals surface area contributed by atoms with Gasteiger partial charge in [-0.15, -0.1) is 11.3 Å². The number of rotatable bonds is 4. The summed E-state index contributed by atoms with van der Waals surface area (Å²) in [5.41, 5.74) is -0.809. The number of halogens is 3. The Morgan fingerprint density at radius 2 is 2.04 bits per heavy atom. The lowest BCUT2D eigenvalue weighted by molar-refractivity contribution is -0.137. The molecule has 5 nitrogen and oxygen atoms in total. The summed E-state index contributed by atoms with van der Waals surface area (Å²) >= 11 is 1.10. The normalized spacial score (nSPS) is 16.1. The minimum absolute atomic E-state index is 0.128. The molecule has 0 saturated carbocycles. The smallest absolute Gasteiger partial charge is 0.417 e. The van der Waals surface area contributed by atoms with Crippen LogP contribution in [0.5, 0.6) is 0 Å². The van der Waals surface area contributed by atoms with E-state index in [4.69, 9.17) is 9.47 Å². The Bertz CT molecular complexity index is 891. The molecule has 1 N–H and O–H groups in total. The third-order valence-corrected chi connectivity index (χ3v) is 5.17. The molecule has 1 unspecified atom stereocenters. The Kier molecular flexibility index (Phi) is 5.25. The summed E-state index contributed by atoms with van der Waals surface area (Å²) in [6.45, 7) is 3.79. The summed E-state index contributed by atoms with van der Waals surface area (Å²) in [5.74, 6) is -1.59. The number of carbonyl (C=O) groups is 2. The first-order chi connectivity index (χ1) is 12.7. The van der Waals surface area contributed by atoms with Gasteiger partial charge < -0.3 is 14.8 Å². The first kappa shape index (κ1) is 19.4. The highest BCUT2D eigenvalue weighted by atomic mass is 32.1. The predicted octanol–water partition coefficient (Wildman–Crippen LogP) is 4.79. The number of amides is 1. The highest BCUT2D eigenvalue weighted by Gasteiger charge is 2.36. The molecular weight excluding hydrogens is 383 g/mol. The fourth-order valence-corrected chi connectivity index (χ4v) is 4.10. The van der Waals surface area contributed by atoms with Crippen LogP contribution >= 0.6 is 11.3 Å². The van der Waals surface area contributed by atoms with E-state index in [9.17, 15) is 22.8 Å². The van der Waals surface area contributed by atoms with Crippen LogP contribution in [0.3, 0.4) is 0 Å². The van der Waals surface area contributed by atoms with E-state index in [1.807, 2.05) is 0 Å². The van der Waals surface area contributed by atoms with Crippen LogP contribution in [0.4, 0.5) is 18.2 Å². The number of thiophene rings is 1. The molecule has 2 heterocycles. The second-order valence-corrected chi connectivity index (χ2v) is 6.92. The molecule has 0 spiro atoms. The number of esters is 1. The number of alkyl halides is 3. The maximum Gasteiger partial charge on any atom is 0.417 e. The van der Waals surface area contributed by atoms with Gasteiger partial charge in [0.25, 0.3) is 5.91 Å². The molecule has 2 aromatic rings. The molecule has 1 aliphatic heterocycles. The number of hydrogen-bond donors (Lipinski definition) is 1. The largest absolute Gasteiger partial charge is 0.462 e. The van der Waals surface area contributed by atoms with Gasteiger partial charge in [0, 0.05) is 10.4 Å². The van der Waals surface area contributed by atoms with Crippen molar-refractivity contribution in [2.24, 2.45) is 0 Å². The van der Waals surface area contributed by atoms with E-state index in [0.29, 0.717) is 5.56 Å². The van der Waals surface area contributed by atoms with E-state index < -0.39 is 29.2 Å². The van der Waals surface area contributed by atoms with E-state index in [-0.39, 0.29) is 29.9 Å². The Labute approximate surface area is 157 Å². The van der Waals surface area contributed by atoms with Gasteiger partial charge in [0.2, 0.25) is 0 Å². The van der Waals surface area contributed by atoms with Crippen LogP contribution in [0.25, 0.3) is 0 Å². The lowest BCUT2D eigenvalue weighted by Gasteiger charge is -2.13. The molecule has 1 aliphatic rings. The average molecular weight is 399 g/mol. The van der Waals surface area contributed by atoms with E-state index >= 15 is 0 Å². The first-order valence-electron chi connectivity index (χ1n) is 8.15. The standard InChI is InChI=1S/C18H16F3NO4S/c1-3-25-17(24)14-13-9(2)26-8-12(13)27-16(14)22-15(23)10-6-4-5-7-11(10)18(19,20)21/h4-7,9H,3,8H2,1-2H3,(H,22,23). The summed E-state index contributed by atoms with van der Waals surface area (Å²) < 4.78 is 50.0. The number of carbonyl (C=O) groups excluding carboxylic acids is 2. The quantitative estimate of drug-likeness (QED) is 0.751. The SMILES string of the molecule is CCOC(=O)c1c(NC(=O)c2ccccc2C(F)(F)F)sc2c1C(C)OC2. The number of ether oxygens (including phenoxy) is 2. The van der Waals surface area contributed by atoms with Crippen LogP contribution in [0.1, 0.15) is 56.7 Å². The maximum absolute atomic E-state index is 13.2. The van der Waals surface area contributed by atoms with Crippen LogP contribution in [0.15, 0.2) is 24.3 Å². The summed E-state index contributed by atoms with van der Waals surface area (Å²) in [4.78, 5) is 25.6. The van der Waals surface area contributed by atoms with E-state index in [0.717, 1.165) is 28.3 Å². The second kappa shape index (κ2) is 7.32. The van der Waals surface area contributed by atoms with Gasteiger partial charge in [-0.2, -0.15) is 13.2 Å². The zero-order valence-electron chi connectivity index (χ0n) is 14.5. The van der Waals surface area contributed by atoms with Crippen molar-refractivity contribution in [3.05, 3.63) is 51.4 Å². The van der Waals surface area contributed by atoms with Gasteiger partial charge in [-0.3, -0.25) is 4.79 Å². The average Bonchev–Trinajstić information content (AvgIpc) is 3.13. The molecule has 0 bridgehead atoms. The minimum atomic E-state index is -4.67.